The van der Waals surface area contributed by atoms with Gasteiger partial charge in [0, 0.05) is 3.57 Å². The maximum atomic E-state index is 11.1. The van der Waals surface area contributed by atoms with Crippen LogP contribution >= 0.6 is 22.6 Å². The van der Waals surface area contributed by atoms with E-state index in [0.29, 0.717) is 5.75 Å². The van der Waals surface area contributed by atoms with Crippen LogP contribution < -0.4 is 4.89 Å². The molecule has 0 aromatic heterocycles. The molecule has 2 rings (SSSR count). The molecule has 0 bridgehead atoms. The van der Waals surface area contributed by atoms with Gasteiger partial charge in [-0.05, 0) is 59.7 Å². The third-order valence-corrected chi connectivity index (χ3v) is 2.66. The van der Waals surface area contributed by atoms with Crippen molar-refractivity contribution < 1.29 is 14.6 Å². The molecular weight excluding hydrogens is 295 g/mol. The summed E-state index contributed by atoms with van der Waals surface area (Å²) in [4.78, 5) is 20.6. The molecule has 0 spiro atoms. The van der Waals surface area contributed by atoms with Crippen LogP contribution in [0.25, 0.3) is 0 Å². The lowest BCUT2D eigenvalue weighted by Crippen LogP contribution is -2.09. The number of carbonyl (C=O) groups is 1. The van der Waals surface area contributed by atoms with Gasteiger partial charge in [0.05, 0.1) is 5.92 Å². The molecule has 1 aromatic carbocycles. The molecule has 0 radical (unpaired) electrons. The van der Waals surface area contributed by atoms with Crippen LogP contribution in [-0.4, -0.2) is 5.97 Å². The Kier molecular flexibility index (Phi) is 2.90. The lowest BCUT2D eigenvalue weighted by Gasteiger charge is -2.02. The summed E-state index contributed by atoms with van der Waals surface area (Å²) in [5, 5.41) is 0. The average molecular weight is 304 g/mol. The summed E-state index contributed by atoms with van der Waals surface area (Å²) in [7, 11) is 0. The van der Waals surface area contributed by atoms with Gasteiger partial charge in [-0.3, -0.25) is 9.78 Å². The van der Waals surface area contributed by atoms with E-state index in [9.17, 15) is 4.79 Å². The highest BCUT2D eigenvalue weighted by atomic mass is 127. The Morgan fingerprint density at radius 2 is 1.93 bits per heavy atom. The van der Waals surface area contributed by atoms with E-state index in [4.69, 9.17) is 4.89 Å². The van der Waals surface area contributed by atoms with Gasteiger partial charge in [0.25, 0.3) is 0 Å². The molecule has 0 unspecified atom stereocenters. The molecule has 0 aliphatic heterocycles. The van der Waals surface area contributed by atoms with Gasteiger partial charge in [-0.1, -0.05) is 0 Å². The molecule has 1 aliphatic rings. The van der Waals surface area contributed by atoms with Crippen molar-refractivity contribution in [1.29, 1.82) is 0 Å². The predicted molar refractivity (Wildman–Crippen MR) is 58.6 cm³/mol. The highest BCUT2D eigenvalue weighted by molar-refractivity contribution is 14.1. The van der Waals surface area contributed by atoms with E-state index in [1.165, 1.54) is 0 Å². The smallest absolute Gasteiger partial charge is 0.287 e. The highest BCUT2D eigenvalue weighted by Crippen LogP contribution is 2.30. The molecule has 74 valence electrons. The van der Waals surface area contributed by atoms with Crippen LogP contribution in [-0.2, 0) is 9.68 Å². The van der Waals surface area contributed by atoms with Crippen LogP contribution in [0.4, 0.5) is 0 Å². The van der Waals surface area contributed by atoms with E-state index in [1.807, 2.05) is 12.1 Å². The molecule has 0 atom stereocenters. The lowest BCUT2D eigenvalue weighted by atomic mass is 10.3. The van der Waals surface area contributed by atoms with Crippen LogP contribution in [0.2, 0.25) is 0 Å². The minimum absolute atomic E-state index is 0.0684. The van der Waals surface area contributed by atoms with Crippen molar-refractivity contribution >= 4 is 28.6 Å². The lowest BCUT2D eigenvalue weighted by molar-refractivity contribution is -0.215. The molecule has 1 aliphatic carbocycles. The second kappa shape index (κ2) is 4.16. The Hall–Kier alpha value is -0.780. The van der Waals surface area contributed by atoms with Crippen LogP contribution in [0.15, 0.2) is 24.3 Å². The van der Waals surface area contributed by atoms with E-state index in [2.05, 4.69) is 27.5 Å². The fourth-order valence-corrected chi connectivity index (χ4v) is 1.33. The summed E-state index contributed by atoms with van der Waals surface area (Å²) in [6.45, 7) is 0. The summed E-state index contributed by atoms with van der Waals surface area (Å²) >= 11 is 2.20. The Balaban J connectivity index is 1.85. The first-order valence-electron chi connectivity index (χ1n) is 4.39. The van der Waals surface area contributed by atoms with Gasteiger partial charge < -0.3 is 0 Å². The first-order chi connectivity index (χ1) is 6.75. The fourth-order valence-electron chi connectivity index (χ4n) is 0.966. The summed E-state index contributed by atoms with van der Waals surface area (Å²) in [6, 6.07) is 7.31. The van der Waals surface area contributed by atoms with Gasteiger partial charge in [0.2, 0.25) is 0 Å². The van der Waals surface area contributed by atoms with Crippen LogP contribution in [0.5, 0.6) is 5.75 Å². The standard InChI is InChI=1S/C10H9IO3/c11-8-3-5-9(6-4-8)13-14-10(12)7-1-2-7/h3-7H,1-2H2. The molecular formula is C10H9IO3. The molecule has 0 saturated heterocycles. The van der Waals surface area contributed by atoms with E-state index in [-0.39, 0.29) is 11.9 Å². The van der Waals surface area contributed by atoms with Crippen molar-refractivity contribution in [3.8, 4) is 5.75 Å². The monoisotopic (exact) mass is 304 g/mol. The largest absolute Gasteiger partial charge is 0.358 e. The average Bonchev–Trinajstić information content (AvgIpc) is 3.00. The second-order valence-electron chi connectivity index (χ2n) is 3.21. The molecule has 1 fully saturated rings. The Morgan fingerprint density at radius 1 is 1.29 bits per heavy atom. The second-order valence-corrected chi connectivity index (χ2v) is 4.46. The third-order valence-electron chi connectivity index (χ3n) is 1.94. The van der Waals surface area contributed by atoms with Gasteiger partial charge in [-0.2, -0.15) is 0 Å². The molecule has 0 N–H and O–H groups in total. The van der Waals surface area contributed by atoms with Crippen molar-refractivity contribution in [2.75, 3.05) is 0 Å². The Morgan fingerprint density at radius 3 is 2.50 bits per heavy atom. The molecule has 1 saturated carbocycles. The van der Waals surface area contributed by atoms with E-state index in [0.717, 1.165) is 16.4 Å². The zero-order chi connectivity index (χ0) is 9.97. The molecule has 14 heavy (non-hydrogen) atoms. The van der Waals surface area contributed by atoms with Crippen molar-refractivity contribution in [2.24, 2.45) is 5.92 Å². The quantitative estimate of drug-likeness (QED) is 0.489. The van der Waals surface area contributed by atoms with Crippen LogP contribution in [0.3, 0.4) is 0 Å². The summed E-state index contributed by atoms with van der Waals surface area (Å²) < 4.78 is 1.11. The highest BCUT2D eigenvalue weighted by Gasteiger charge is 2.32. The van der Waals surface area contributed by atoms with Crippen molar-refractivity contribution in [3.63, 3.8) is 0 Å². The SMILES string of the molecule is O=C(OOc1ccc(I)cc1)C1CC1. The van der Waals surface area contributed by atoms with Gasteiger partial charge in [-0.15, -0.1) is 0 Å². The van der Waals surface area contributed by atoms with Gasteiger partial charge in [0.15, 0.2) is 5.75 Å². The number of rotatable bonds is 3. The zero-order valence-electron chi connectivity index (χ0n) is 7.40. The minimum atomic E-state index is -0.261. The number of benzene rings is 1. The Bertz CT molecular complexity index is 330. The zero-order valence-corrected chi connectivity index (χ0v) is 9.56. The number of hydrogen-bond acceptors (Lipinski definition) is 3. The van der Waals surface area contributed by atoms with Crippen molar-refractivity contribution in [2.45, 2.75) is 12.8 Å². The van der Waals surface area contributed by atoms with Crippen LogP contribution in [0.1, 0.15) is 12.8 Å². The van der Waals surface area contributed by atoms with E-state index < -0.39 is 0 Å². The number of hydrogen-bond donors (Lipinski definition) is 0. The summed E-state index contributed by atoms with van der Waals surface area (Å²) in [5.41, 5.74) is 0. The van der Waals surface area contributed by atoms with Crippen LogP contribution in [0, 0.1) is 9.49 Å². The topological polar surface area (TPSA) is 35.5 Å². The third kappa shape index (κ3) is 2.60. The van der Waals surface area contributed by atoms with Gasteiger partial charge in [-0.25, -0.2) is 4.79 Å². The normalized spacial score (nSPS) is 14.9. The minimum Gasteiger partial charge on any atom is -0.287 e. The summed E-state index contributed by atoms with van der Waals surface area (Å²) in [5.74, 6) is 0.363. The van der Waals surface area contributed by atoms with E-state index in [1.54, 1.807) is 12.1 Å². The number of halogens is 1. The van der Waals surface area contributed by atoms with Crippen molar-refractivity contribution in [1.82, 2.24) is 0 Å². The maximum Gasteiger partial charge on any atom is 0.358 e. The molecule has 3 nitrogen and oxygen atoms in total. The Labute approximate surface area is 95.5 Å². The van der Waals surface area contributed by atoms with Gasteiger partial charge >= 0.3 is 5.97 Å². The van der Waals surface area contributed by atoms with Crippen molar-refractivity contribution in [3.05, 3.63) is 27.8 Å². The molecule has 0 amide bonds. The predicted octanol–water partition coefficient (Wildman–Crippen LogP) is 2.54. The maximum absolute atomic E-state index is 11.1. The first kappa shape index (κ1) is 9.76. The summed E-state index contributed by atoms with van der Waals surface area (Å²) in [6.07, 6.45) is 1.85. The molecule has 4 heteroatoms. The first-order valence-corrected chi connectivity index (χ1v) is 5.47. The molecule has 1 aromatic rings. The van der Waals surface area contributed by atoms with E-state index >= 15 is 0 Å². The molecule has 0 heterocycles. The van der Waals surface area contributed by atoms with Gasteiger partial charge in [0.1, 0.15) is 0 Å². The number of carbonyl (C=O) groups excluding carboxylic acids is 1. The fraction of sp³-hybridized carbons (Fsp3) is 0.300.